The number of aromatic nitrogens is 1. The monoisotopic (exact) mass is 275 g/mol. The standard InChI is InChI=1S/C8H6INO2/c1-5-7(10-8(9)12-5)6-3-2-4-11-6/h2-4H,1H3. The molecule has 0 saturated heterocycles. The Morgan fingerprint density at radius 1 is 1.50 bits per heavy atom. The van der Waals surface area contributed by atoms with Crippen LogP contribution >= 0.6 is 22.6 Å². The maximum absolute atomic E-state index is 5.25. The van der Waals surface area contributed by atoms with Gasteiger partial charge in [0.25, 0.3) is 3.90 Å². The normalized spacial score (nSPS) is 10.5. The second-order valence-electron chi connectivity index (χ2n) is 2.35. The average Bonchev–Trinajstić information content (AvgIpc) is 2.58. The first kappa shape index (κ1) is 7.85. The highest BCUT2D eigenvalue weighted by Gasteiger charge is 2.11. The maximum atomic E-state index is 5.25. The predicted molar refractivity (Wildman–Crippen MR) is 51.7 cm³/mol. The van der Waals surface area contributed by atoms with Gasteiger partial charge in [0.05, 0.1) is 6.26 Å². The third-order valence-corrected chi connectivity index (χ3v) is 1.99. The minimum atomic E-state index is 0.636. The fourth-order valence-corrected chi connectivity index (χ4v) is 1.58. The van der Waals surface area contributed by atoms with E-state index in [-0.39, 0.29) is 0 Å². The van der Waals surface area contributed by atoms with Crippen molar-refractivity contribution >= 4 is 22.6 Å². The first-order valence-electron chi connectivity index (χ1n) is 3.44. The lowest BCUT2D eigenvalue weighted by atomic mass is 10.3. The zero-order chi connectivity index (χ0) is 8.55. The number of rotatable bonds is 1. The van der Waals surface area contributed by atoms with Crippen molar-refractivity contribution in [2.75, 3.05) is 0 Å². The summed E-state index contributed by atoms with van der Waals surface area (Å²) in [6.45, 7) is 1.87. The summed E-state index contributed by atoms with van der Waals surface area (Å²) in [6.07, 6.45) is 1.62. The number of furan rings is 1. The Kier molecular flexibility index (Phi) is 1.92. The van der Waals surface area contributed by atoms with E-state index in [1.54, 1.807) is 6.26 Å². The van der Waals surface area contributed by atoms with Crippen molar-refractivity contribution in [3.05, 3.63) is 28.1 Å². The molecule has 0 spiro atoms. The molecule has 0 aromatic carbocycles. The van der Waals surface area contributed by atoms with Gasteiger partial charge in [-0.25, -0.2) is 4.98 Å². The van der Waals surface area contributed by atoms with Crippen molar-refractivity contribution in [3.8, 4) is 11.5 Å². The molecule has 0 atom stereocenters. The Hall–Kier alpha value is -0.780. The third-order valence-electron chi connectivity index (χ3n) is 1.53. The molecular formula is C8H6INO2. The number of nitrogens with zero attached hydrogens (tertiary/aromatic N) is 1. The van der Waals surface area contributed by atoms with E-state index in [4.69, 9.17) is 8.83 Å². The van der Waals surface area contributed by atoms with E-state index in [9.17, 15) is 0 Å². The van der Waals surface area contributed by atoms with Crippen LogP contribution in [0.5, 0.6) is 0 Å². The molecule has 62 valence electrons. The molecule has 2 aromatic rings. The van der Waals surface area contributed by atoms with Crippen LogP contribution in [0.2, 0.25) is 0 Å². The van der Waals surface area contributed by atoms with Crippen LogP contribution in [0.15, 0.2) is 27.2 Å². The first-order chi connectivity index (χ1) is 5.77. The van der Waals surface area contributed by atoms with Crippen LogP contribution in [0.4, 0.5) is 0 Å². The molecule has 0 unspecified atom stereocenters. The molecule has 2 rings (SSSR count). The number of aryl methyl sites for hydroxylation is 1. The molecule has 0 saturated carbocycles. The molecular weight excluding hydrogens is 269 g/mol. The second-order valence-corrected chi connectivity index (χ2v) is 3.27. The van der Waals surface area contributed by atoms with Crippen LogP contribution in [-0.2, 0) is 0 Å². The van der Waals surface area contributed by atoms with E-state index in [1.807, 2.05) is 41.6 Å². The molecule has 0 aliphatic rings. The number of oxazole rings is 1. The van der Waals surface area contributed by atoms with Gasteiger partial charge in [0.2, 0.25) is 0 Å². The van der Waals surface area contributed by atoms with Gasteiger partial charge < -0.3 is 8.83 Å². The number of halogens is 1. The van der Waals surface area contributed by atoms with Gasteiger partial charge in [0.1, 0.15) is 11.5 Å². The van der Waals surface area contributed by atoms with Gasteiger partial charge in [-0.3, -0.25) is 0 Å². The quantitative estimate of drug-likeness (QED) is 0.751. The van der Waals surface area contributed by atoms with E-state index in [0.29, 0.717) is 3.90 Å². The minimum absolute atomic E-state index is 0.636. The lowest BCUT2D eigenvalue weighted by Crippen LogP contribution is -1.75. The van der Waals surface area contributed by atoms with Crippen molar-refractivity contribution in [2.24, 2.45) is 0 Å². The Balaban J connectivity index is 2.54. The van der Waals surface area contributed by atoms with Gasteiger partial charge in [0, 0.05) is 22.6 Å². The van der Waals surface area contributed by atoms with E-state index in [1.165, 1.54) is 0 Å². The number of hydrogen-bond acceptors (Lipinski definition) is 3. The molecule has 0 bridgehead atoms. The van der Waals surface area contributed by atoms with Gasteiger partial charge in [-0.2, -0.15) is 0 Å². The Morgan fingerprint density at radius 2 is 2.33 bits per heavy atom. The summed E-state index contributed by atoms with van der Waals surface area (Å²) in [6, 6.07) is 3.69. The molecule has 0 N–H and O–H groups in total. The molecule has 2 aromatic heterocycles. The molecule has 0 fully saturated rings. The summed E-state index contributed by atoms with van der Waals surface area (Å²) in [5.41, 5.74) is 0.782. The molecule has 0 amide bonds. The Morgan fingerprint density at radius 3 is 2.83 bits per heavy atom. The van der Waals surface area contributed by atoms with Gasteiger partial charge >= 0.3 is 0 Å². The highest BCUT2D eigenvalue weighted by molar-refractivity contribution is 14.1. The first-order valence-corrected chi connectivity index (χ1v) is 4.52. The van der Waals surface area contributed by atoms with Crippen LogP contribution in [-0.4, -0.2) is 4.98 Å². The Bertz CT molecular complexity index is 378. The molecule has 0 aliphatic carbocycles. The molecule has 12 heavy (non-hydrogen) atoms. The average molecular weight is 275 g/mol. The summed E-state index contributed by atoms with van der Waals surface area (Å²) in [5.74, 6) is 1.54. The summed E-state index contributed by atoms with van der Waals surface area (Å²) in [7, 11) is 0. The topological polar surface area (TPSA) is 39.2 Å². The molecule has 0 aliphatic heterocycles. The van der Waals surface area contributed by atoms with E-state index < -0.39 is 0 Å². The zero-order valence-corrected chi connectivity index (χ0v) is 8.53. The smallest absolute Gasteiger partial charge is 0.258 e. The fourth-order valence-electron chi connectivity index (χ4n) is 1.01. The predicted octanol–water partition coefficient (Wildman–Crippen LogP) is 2.85. The minimum Gasteiger partial charge on any atom is -0.463 e. The van der Waals surface area contributed by atoms with Crippen LogP contribution in [0.25, 0.3) is 11.5 Å². The van der Waals surface area contributed by atoms with Gasteiger partial charge in [-0.1, -0.05) is 0 Å². The van der Waals surface area contributed by atoms with Crippen LogP contribution < -0.4 is 0 Å². The van der Waals surface area contributed by atoms with Crippen molar-refractivity contribution < 1.29 is 8.83 Å². The second kappa shape index (κ2) is 2.93. The third kappa shape index (κ3) is 1.26. The SMILES string of the molecule is Cc1oc(I)nc1-c1ccco1. The van der Waals surface area contributed by atoms with E-state index in [2.05, 4.69) is 4.98 Å². The fraction of sp³-hybridized carbons (Fsp3) is 0.125. The maximum Gasteiger partial charge on any atom is 0.258 e. The van der Waals surface area contributed by atoms with Crippen molar-refractivity contribution in [2.45, 2.75) is 6.92 Å². The van der Waals surface area contributed by atoms with Gasteiger partial charge in [-0.15, -0.1) is 0 Å². The largest absolute Gasteiger partial charge is 0.463 e. The van der Waals surface area contributed by atoms with Crippen molar-refractivity contribution in [1.82, 2.24) is 4.98 Å². The molecule has 3 nitrogen and oxygen atoms in total. The lowest BCUT2D eigenvalue weighted by Gasteiger charge is -1.87. The number of hydrogen-bond donors (Lipinski definition) is 0. The molecule has 2 heterocycles. The van der Waals surface area contributed by atoms with E-state index >= 15 is 0 Å². The molecule has 4 heteroatoms. The van der Waals surface area contributed by atoms with Crippen LogP contribution in [0.3, 0.4) is 0 Å². The Labute approximate surface area is 82.9 Å². The zero-order valence-electron chi connectivity index (χ0n) is 6.37. The van der Waals surface area contributed by atoms with E-state index in [0.717, 1.165) is 17.2 Å². The summed E-state index contributed by atoms with van der Waals surface area (Å²) in [4.78, 5) is 4.18. The highest BCUT2D eigenvalue weighted by Crippen LogP contribution is 2.23. The lowest BCUT2D eigenvalue weighted by molar-refractivity contribution is 0.496. The van der Waals surface area contributed by atoms with Crippen molar-refractivity contribution in [1.29, 1.82) is 0 Å². The van der Waals surface area contributed by atoms with Gasteiger partial charge in [0.15, 0.2) is 5.76 Å². The van der Waals surface area contributed by atoms with Crippen molar-refractivity contribution in [3.63, 3.8) is 0 Å². The van der Waals surface area contributed by atoms with Crippen LogP contribution in [0.1, 0.15) is 5.76 Å². The van der Waals surface area contributed by atoms with Gasteiger partial charge in [-0.05, 0) is 19.1 Å². The summed E-state index contributed by atoms with van der Waals surface area (Å²) < 4.78 is 11.1. The summed E-state index contributed by atoms with van der Waals surface area (Å²) in [5, 5.41) is 0. The summed E-state index contributed by atoms with van der Waals surface area (Å²) >= 11 is 2.03. The molecule has 0 radical (unpaired) electrons. The highest BCUT2D eigenvalue weighted by atomic mass is 127. The van der Waals surface area contributed by atoms with Crippen LogP contribution in [0, 0.1) is 10.8 Å².